The summed E-state index contributed by atoms with van der Waals surface area (Å²) in [6.45, 7) is 4.28. The molecule has 16 heavy (non-hydrogen) atoms. The summed E-state index contributed by atoms with van der Waals surface area (Å²) in [4.78, 5) is 0. The third-order valence-electron chi connectivity index (χ3n) is 3.51. The minimum atomic E-state index is 0.785. The Morgan fingerprint density at radius 3 is 2.88 bits per heavy atom. The largest absolute Gasteiger partial charge is 0.314 e. The van der Waals surface area contributed by atoms with Crippen LogP contribution in [0, 0.1) is 6.92 Å². The maximum atomic E-state index is 4.29. The van der Waals surface area contributed by atoms with Crippen LogP contribution in [-0.4, -0.2) is 22.4 Å². The molecule has 0 bridgehead atoms. The van der Waals surface area contributed by atoms with Gasteiger partial charge in [0.1, 0.15) is 0 Å². The molecule has 0 unspecified atom stereocenters. The maximum Gasteiger partial charge on any atom is 0.0492 e. The highest BCUT2D eigenvalue weighted by atomic mass is 15.3. The number of hydrogen-bond donors (Lipinski definition) is 1. The van der Waals surface area contributed by atoms with Crippen LogP contribution in [0.3, 0.4) is 0 Å². The van der Waals surface area contributed by atoms with Crippen molar-refractivity contribution in [1.82, 2.24) is 15.1 Å². The number of nitrogens with one attached hydrogen (secondary N) is 1. The number of nitrogens with zero attached hydrogens (tertiary/aromatic N) is 2. The van der Waals surface area contributed by atoms with E-state index in [1.54, 1.807) is 0 Å². The molecule has 0 saturated heterocycles. The molecule has 1 aliphatic carbocycles. The van der Waals surface area contributed by atoms with E-state index in [1.807, 2.05) is 6.20 Å². The smallest absolute Gasteiger partial charge is 0.0492 e. The van der Waals surface area contributed by atoms with Gasteiger partial charge in [-0.3, -0.25) is 4.68 Å². The van der Waals surface area contributed by atoms with Crippen molar-refractivity contribution in [3.63, 3.8) is 0 Å². The van der Waals surface area contributed by atoms with Crippen molar-refractivity contribution >= 4 is 0 Å². The predicted octanol–water partition coefficient (Wildman–Crippen LogP) is 2.50. The van der Waals surface area contributed by atoms with Crippen LogP contribution >= 0.6 is 0 Å². The van der Waals surface area contributed by atoms with Gasteiger partial charge in [-0.1, -0.05) is 19.3 Å². The lowest BCUT2D eigenvalue weighted by Gasteiger charge is -2.22. The number of aromatic nitrogens is 2. The highest BCUT2D eigenvalue weighted by Gasteiger charge is 2.11. The summed E-state index contributed by atoms with van der Waals surface area (Å²) in [6, 6.07) is 2.85. The Morgan fingerprint density at radius 1 is 1.38 bits per heavy atom. The molecule has 1 N–H and O–H groups in total. The fraction of sp³-hybridized carbons (Fsp3) is 0.769. The van der Waals surface area contributed by atoms with E-state index in [-0.39, 0.29) is 0 Å². The lowest BCUT2D eigenvalue weighted by atomic mass is 9.95. The quantitative estimate of drug-likeness (QED) is 0.774. The molecule has 0 spiro atoms. The Bertz CT molecular complexity index is 300. The Kier molecular flexibility index (Phi) is 4.40. The van der Waals surface area contributed by atoms with Crippen molar-refractivity contribution in [2.75, 3.05) is 6.54 Å². The molecule has 0 aliphatic heterocycles. The Labute approximate surface area is 98.2 Å². The van der Waals surface area contributed by atoms with Crippen LogP contribution < -0.4 is 5.32 Å². The van der Waals surface area contributed by atoms with E-state index >= 15 is 0 Å². The van der Waals surface area contributed by atoms with Crippen molar-refractivity contribution in [3.8, 4) is 0 Å². The summed E-state index contributed by atoms with van der Waals surface area (Å²) in [7, 11) is 0. The molecule has 1 aliphatic rings. The molecule has 0 radical (unpaired) electrons. The molecule has 1 fully saturated rings. The van der Waals surface area contributed by atoms with Crippen LogP contribution in [0.25, 0.3) is 0 Å². The molecule has 1 heterocycles. The third-order valence-corrected chi connectivity index (χ3v) is 3.51. The summed E-state index contributed by atoms with van der Waals surface area (Å²) < 4.78 is 2.09. The van der Waals surface area contributed by atoms with Gasteiger partial charge < -0.3 is 5.32 Å². The number of aryl methyl sites for hydroxylation is 2. The second-order valence-electron chi connectivity index (χ2n) is 4.84. The van der Waals surface area contributed by atoms with Crippen molar-refractivity contribution < 1.29 is 0 Å². The van der Waals surface area contributed by atoms with E-state index in [2.05, 4.69) is 28.1 Å². The second-order valence-corrected chi connectivity index (χ2v) is 4.84. The first-order chi connectivity index (χ1) is 7.86. The summed E-state index contributed by atoms with van der Waals surface area (Å²) in [6.07, 6.45) is 10.1. The van der Waals surface area contributed by atoms with Crippen molar-refractivity contribution in [3.05, 3.63) is 18.0 Å². The molecular weight excluding hydrogens is 198 g/mol. The van der Waals surface area contributed by atoms with Crippen LogP contribution in [0.1, 0.15) is 44.2 Å². The van der Waals surface area contributed by atoms with Crippen molar-refractivity contribution in [2.45, 2.75) is 58.0 Å². The summed E-state index contributed by atoms with van der Waals surface area (Å²) >= 11 is 0. The van der Waals surface area contributed by atoms with E-state index in [4.69, 9.17) is 0 Å². The molecule has 0 aromatic carbocycles. The molecular formula is C13H23N3. The van der Waals surface area contributed by atoms with Gasteiger partial charge in [0.05, 0.1) is 0 Å². The van der Waals surface area contributed by atoms with Gasteiger partial charge in [0.15, 0.2) is 0 Å². The fourth-order valence-corrected chi connectivity index (χ4v) is 2.47. The SMILES string of the molecule is Cc1ccnn1CCCNC1CCCCC1. The first-order valence-corrected chi connectivity index (χ1v) is 6.58. The van der Waals surface area contributed by atoms with E-state index in [9.17, 15) is 0 Å². The van der Waals surface area contributed by atoms with Crippen LogP contribution in [-0.2, 0) is 6.54 Å². The molecule has 0 atom stereocenters. The molecule has 1 saturated carbocycles. The monoisotopic (exact) mass is 221 g/mol. The average Bonchev–Trinajstić information content (AvgIpc) is 2.72. The lowest BCUT2D eigenvalue weighted by molar-refractivity contribution is 0.367. The van der Waals surface area contributed by atoms with Crippen LogP contribution in [0.4, 0.5) is 0 Å². The lowest BCUT2D eigenvalue weighted by Crippen LogP contribution is -2.32. The Hall–Kier alpha value is -0.830. The predicted molar refractivity (Wildman–Crippen MR) is 66.5 cm³/mol. The standard InChI is InChI=1S/C13H23N3/c1-12-8-10-15-16(12)11-5-9-14-13-6-3-2-4-7-13/h8,10,13-14H,2-7,9,11H2,1H3. The zero-order valence-corrected chi connectivity index (χ0v) is 10.3. The van der Waals surface area contributed by atoms with Gasteiger partial charge in [-0.05, 0) is 38.8 Å². The van der Waals surface area contributed by atoms with Gasteiger partial charge in [0.2, 0.25) is 0 Å². The third kappa shape index (κ3) is 3.34. The minimum absolute atomic E-state index is 0.785. The van der Waals surface area contributed by atoms with Gasteiger partial charge in [-0.15, -0.1) is 0 Å². The van der Waals surface area contributed by atoms with Gasteiger partial charge in [-0.25, -0.2) is 0 Å². The van der Waals surface area contributed by atoms with E-state index in [0.717, 1.165) is 19.1 Å². The molecule has 1 aromatic heterocycles. The zero-order chi connectivity index (χ0) is 11.2. The molecule has 2 rings (SSSR count). The van der Waals surface area contributed by atoms with Crippen LogP contribution in [0.15, 0.2) is 12.3 Å². The molecule has 1 aromatic rings. The van der Waals surface area contributed by atoms with Crippen LogP contribution in [0.2, 0.25) is 0 Å². The molecule has 3 heteroatoms. The highest BCUT2D eigenvalue weighted by Crippen LogP contribution is 2.17. The van der Waals surface area contributed by atoms with Gasteiger partial charge in [0.25, 0.3) is 0 Å². The van der Waals surface area contributed by atoms with Gasteiger partial charge >= 0.3 is 0 Å². The summed E-state index contributed by atoms with van der Waals surface area (Å²) in [5.41, 5.74) is 1.26. The first-order valence-electron chi connectivity index (χ1n) is 6.58. The summed E-state index contributed by atoms with van der Waals surface area (Å²) in [5, 5.41) is 7.95. The Balaban J connectivity index is 1.59. The maximum absolute atomic E-state index is 4.29. The molecule has 3 nitrogen and oxygen atoms in total. The zero-order valence-electron chi connectivity index (χ0n) is 10.3. The number of rotatable bonds is 5. The highest BCUT2D eigenvalue weighted by molar-refractivity contribution is 4.96. The van der Waals surface area contributed by atoms with Crippen LogP contribution in [0.5, 0.6) is 0 Å². The van der Waals surface area contributed by atoms with E-state index < -0.39 is 0 Å². The minimum Gasteiger partial charge on any atom is -0.314 e. The summed E-state index contributed by atoms with van der Waals surface area (Å²) in [5.74, 6) is 0. The first kappa shape index (κ1) is 11.6. The normalized spacial score (nSPS) is 17.8. The van der Waals surface area contributed by atoms with E-state index in [1.165, 1.54) is 44.2 Å². The average molecular weight is 221 g/mol. The molecule has 0 amide bonds. The number of hydrogen-bond acceptors (Lipinski definition) is 2. The Morgan fingerprint density at radius 2 is 2.19 bits per heavy atom. The molecule has 90 valence electrons. The van der Waals surface area contributed by atoms with Gasteiger partial charge in [-0.2, -0.15) is 5.10 Å². The second kappa shape index (κ2) is 6.04. The topological polar surface area (TPSA) is 29.9 Å². The van der Waals surface area contributed by atoms with Gasteiger partial charge in [0, 0.05) is 24.5 Å². The van der Waals surface area contributed by atoms with E-state index in [0.29, 0.717) is 0 Å². The van der Waals surface area contributed by atoms with Crippen molar-refractivity contribution in [1.29, 1.82) is 0 Å². The fourth-order valence-electron chi connectivity index (χ4n) is 2.47. The van der Waals surface area contributed by atoms with Crippen molar-refractivity contribution in [2.24, 2.45) is 0 Å².